The Morgan fingerprint density at radius 1 is 0.946 bits per heavy atom. The Balaban J connectivity index is 1.02. The standard InChI is InChI=1S/C30H29N3O3S/c1-20-14-22(4-11-28(20)30(34)35)17-33-19-24-15-25(33)18-32(24)16-21-2-7-26(8-3-21)36-27-9-5-23(6-10-27)29-31-12-13-37-29/h2-14,24-25H,15-19H2,1H3,(H,34,35)/t24-,25-/m0/s1. The van der Waals surface area contributed by atoms with E-state index in [1.165, 1.54) is 17.5 Å². The van der Waals surface area contributed by atoms with Gasteiger partial charge in [-0.05, 0) is 72.5 Å². The van der Waals surface area contributed by atoms with Gasteiger partial charge in [0.25, 0.3) is 0 Å². The minimum Gasteiger partial charge on any atom is -0.478 e. The van der Waals surface area contributed by atoms with Crippen LogP contribution in [0.3, 0.4) is 0 Å². The molecule has 2 aliphatic heterocycles. The molecule has 7 heteroatoms. The minimum atomic E-state index is -0.860. The summed E-state index contributed by atoms with van der Waals surface area (Å²) < 4.78 is 6.05. The number of ether oxygens (including phenoxy) is 1. The van der Waals surface area contributed by atoms with Crippen molar-refractivity contribution in [2.24, 2.45) is 0 Å². The maximum atomic E-state index is 11.3. The molecule has 0 amide bonds. The van der Waals surface area contributed by atoms with Crippen molar-refractivity contribution in [2.75, 3.05) is 13.1 Å². The molecule has 0 saturated carbocycles. The van der Waals surface area contributed by atoms with Crippen molar-refractivity contribution in [3.05, 3.63) is 101 Å². The predicted octanol–water partition coefficient (Wildman–Crippen LogP) is 6.07. The van der Waals surface area contributed by atoms with Crippen molar-refractivity contribution in [1.29, 1.82) is 0 Å². The van der Waals surface area contributed by atoms with Gasteiger partial charge < -0.3 is 9.84 Å². The highest BCUT2D eigenvalue weighted by atomic mass is 32.1. The van der Waals surface area contributed by atoms with E-state index in [-0.39, 0.29) is 0 Å². The van der Waals surface area contributed by atoms with Crippen LogP contribution in [0.15, 0.2) is 78.3 Å². The van der Waals surface area contributed by atoms with Crippen LogP contribution in [-0.2, 0) is 13.1 Å². The summed E-state index contributed by atoms with van der Waals surface area (Å²) in [6, 6.07) is 23.3. The first-order valence-corrected chi connectivity index (χ1v) is 13.5. The van der Waals surface area contributed by atoms with Gasteiger partial charge >= 0.3 is 5.97 Å². The zero-order valence-electron chi connectivity index (χ0n) is 20.7. The predicted molar refractivity (Wildman–Crippen MR) is 145 cm³/mol. The number of carboxylic acid groups (broad SMARTS) is 1. The molecule has 0 aliphatic carbocycles. The number of benzene rings is 3. The molecule has 37 heavy (non-hydrogen) atoms. The fraction of sp³-hybridized carbons (Fsp3) is 0.267. The van der Waals surface area contributed by atoms with Crippen molar-refractivity contribution in [3.8, 4) is 22.1 Å². The number of aryl methyl sites for hydroxylation is 1. The van der Waals surface area contributed by atoms with Gasteiger partial charge in [0.15, 0.2) is 0 Å². The smallest absolute Gasteiger partial charge is 0.335 e. The van der Waals surface area contributed by atoms with Gasteiger partial charge in [0.1, 0.15) is 16.5 Å². The van der Waals surface area contributed by atoms with Crippen molar-refractivity contribution >= 4 is 17.3 Å². The number of hydrogen-bond donors (Lipinski definition) is 1. The van der Waals surface area contributed by atoms with Crippen LogP contribution in [-0.4, -0.2) is 51.0 Å². The number of aromatic carboxylic acids is 1. The molecule has 2 saturated heterocycles. The number of piperazine rings is 1. The first-order chi connectivity index (χ1) is 18.0. The van der Waals surface area contributed by atoms with Crippen molar-refractivity contribution < 1.29 is 14.6 Å². The molecule has 6 nitrogen and oxygen atoms in total. The summed E-state index contributed by atoms with van der Waals surface area (Å²) in [4.78, 5) is 20.8. The van der Waals surface area contributed by atoms with E-state index in [4.69, 9.17) is 4.74 Å². The van der Waals surface area contributed by atoms with E-state index in [0.29, 0.717) is 17.6 Å². The highest BCUT2D eigenvalue weighted by Gasteiger charge is 2.42. The number of carbonyl (C=O) groups is 1. The molecule has 3 aromatic carbocycles. The lowest BCUT2D eigenvalue weighted by Gasteiger charge is -2.34. The summed E-state index contributed by atoms with van der Waals surface area (Å²) in [5.74, 6) is 0.794. The van der Waals surface area contributed by atoms with Crippen LogP contribution in [0.4, 0.5) is 0 Å². The van der Waals surface area contributed by atoms with Crippen LogP contribution in [0.25, 0.3) is 10.6 Å². The molecule has 1 aromatic heterocycles. The Morgan fingerprint density at radius 2 is 1.57 bits per heavy atom. The molecule has 0 spiro atoms. The molecule has 2 bridgehead atoms. The molecule has 0 radical (unpaired) electrons. The monoisotopic (exact) mass is 511 g/mol. The van der Waals surface area contributed by atoms with Crippen LogP contribution < -0.4 is 4.74 Å². The number of rotatable bonds is 8. The van der Waals surface area contributed by atoms with E-state index in [1.54, 1.807) is 17.4 Å². The maximum absolute atomic E-state index is 11.3. The number of hydrogen-bond acceptors (Lipinski definition) is 6. The zero-order chi connectivity index (χ0) is 25.4. The second kappa shape index (κ2) is 10.1. The van der Waals surface area contributed by atoms with E-state index in [1.807, 2.05) is 67.0 Å². The fourth-order valence-corrected chi connectivity index (χ4v) is 6.23. The third kappa shape index (κ3) is 5.16. The summed E-state index contributed by atoms with van der Waals surface area (Å²) in [5, 5.41) is 12.3. The average molecular weight is 512 g/mol. The van der Waals surface area contributed by atoms with E-state index < -0.39 is 5.97 Å². The lowest BCUT2D eigenvalue weighted by Crippen LogP contribution is -2.45. The quantitative estimate of drug-likeness (QED) is 0.310. The third-order valence-corrected chi connectivity index (χ3v) is 8.27. The largest absolute Gasteiger partial charge is 0.478 e. The van der Waals surface area contributed by atoms with Crippen LogP contribution in [0.5, 0.6) is 11.5 Å². The summed E-state index contributed by atoms with van der Waals surface area (Å²) in [6.07, 6.45) is 3.02. The first-order valence-electron chi connectivity index (χ1n) is 12.6. The Morgan fingerprint density at radius 3 is 2.14 bits per heavy atom. The van der Waals surface area contributed by atoms with Gasteiger partial charge in [-0.25, -0.2) is 9.78 Å². The highest BCUT2D eigenvalue weighted by Crippen LogP contribution is 2.34. The van der Waals surface area contributed by atoms with Crippen LogP contribution in [0, 0.1) is 6.92 Å². The second-order valence-electron chi connectivity index (χ2n) is 9.96. The molecular formula is C30H29N3O3S. The van der Waals surface area contributed by atoms with Crippen LogP contribution >= 0.6 is 11.3 Å². The van der Waals surface area contributed by atoms with Gasteiger partial charge in [0, 0.05) is 55.4 Å². The molecule has 4 aromatic rings. The SMILES string of the molecule is Cc1cc(CN2C[C@@H]3C[C@H]2CN3Cc2ccc(Oc3ccc(-c4nccs4)cc3)cc2)ccc1C(=O)O. The maximum Gasteiger partial charge on any atom is 0.335 e. The lowest BCUT2D eigenvalue weighted by molar-refractivity contribution is 0.0696. The van der Waals surface area contributed by atoms with Gasteiger partial charge in [-0.2, -0.15) is 0 Å². The van der Waals surface area contributed by atoms with Gasteiger partial charge in [-0.15, -0.1) is 11.3 Å². The second-order valence-corrected chi connectivity index (χ2v) is 10.9. The van der Waals surface area contributed by atoms with E-state index in [9.17, 15) is 9.90 Å². The molecular weight excluding hydrogens is 482 g/mol. The number of nitrogens with zero attached hydrogens (tertiary/aromatic N) is 3. The van der Waals surface area contributed by atoms with Crippen molar-refractivity contribution in [2.45, 2.75) is 38.5 Å². The van der Waals surface area contributed by atoms with Gasteiger partial charge in [-0.1, -0.05) is 24.3 Å². The summed E-state index contributed by atoms with van der Waals surface area (Å²) in [6.45, 7) is 5.83. The lowest BCUT2D eigenvalue weighted by atomic mass is 10.0. The number of likely N-dealkylation sites (tertiary alicyclic amines) is 2. The molecule has 1 N–H and O–H groups in total. The Labute approximate surface area is 220 Å². The number of carboxylic acids is 1. The number of aromatic nitrogens is 1. The topological polar surface area (TPSA) is 65.9 Å². The highest BCUT2D eigenvalue weighted by molar-refractivity contribution is 7.13. The number of fused-ring (bicyclic) bond motifs is 2. The molecule has 2 atom stereocenters. The Hall–Kier alpha value is -3.52. The summed E-state index contributed by atoms with van der Waals surface area (Å²) in [7, 11) is 0. The van der Waals surface area contributed by atoms with E-state index >= 15 is 0 Å². The van der Waals surface area contributed by atoms with E-state index in [2.05, 4.69) is 26.9 Å². The van der Waals surface area contributed by atoms with Crippen LogP contribution in [0.1, 0.15) is 33.5 Å². The number of thiazole rings is 1. The van der Waals surface area contributed by atoms with Crippen molar-refractivity contribution in [1.82, 2.24) is 14.8 Å². The summed E-state index contributed by atoms with van der Waals surface area (Å²) >= 11 is 1.63. The Kier molecular flexibility index (Phi) is 6.50. The molecule has 0 unspecified atom stereocenters. The molecule has 6 rings (SSSR count). The molecule has 188 valence electrons. The third-order valence-electron chi connectivity index (χ3n) is 7.45. The van der Waals surface area contributed by atoms with E-state index in [0.717, 1.165) is 53.8 Å². The molecule has 2 fully saturated rings. The van der Waals surface area contributed by atoms with Gasteiger partial charge in [0.2, 0.25) is 0 Å². The average Bonchev–Trinajstić information content (AvgIpc) is 3.64. The molecule has 3 heterocycles. The first kappa shape index (κ1) is 23.9. The van der Waals surface area contributed by atoms with Gasteiger partial charge in [0.05, 0.1) is 5.56 Å². The fourth-order valence-electron chi connectivity index (χ4n) is 5.58. The normalized spacial score (nSPS) is 19.4. The minimum absolute atomic E-state index is 0.388. The van der Waals surface area contributed by atoms with Gasteiger partial charge in [-0.3, -0.25) is 9.80 Å². The summed E-state index contributed by atoms with van der Waals surface area (Å²) in [5.41, 5.74) is 4.80. The van der Waals surface area contributed by atoms with Crippen molar-refractivity contribution in [3.63, 3.8) is 0 Å². The zero-order valence-corrected chi connectivity index (χ0v) is 21.5. The van der Waals surface area contributed by atoms with Crippen LogP contribution in [0.2, 0.25) is 0 Å². The molecule has 2 aliphatic rings. The Bertz CT molecular complexity index is 1390.